The molecule has 0 fully saturated rings. The quantitative estimate of drug-likeness (QED) is 0.843. The van der Waals surface area contributed by atoms with Gasteiger partial charge in [-0.15, -0.1) is 11.3 Å². The Morgan fingerprint density at radius 1 is 1.24 bits per heavy atom. The number of benzene rings is 1. The van der Waals surface area contributed by atoms with Crippen LogP contribution in [0.25, 0.3) is 10.6 Å². The van der Waals surface area contributed by atoms with E-state index in [1.165, 1.54) is 5.38 Å². The maximum Gasteiger partial charge on any atom is 0.355 e. The Bertz CT molecular complexity index is 574. The van der Waals surface area contributed by atoms with Crippen molar-refractivity contribution < 1.29 is 23.1 Å². The molecular formula is C10H4F3NO2S. The number of aromatic carboxylic acids is 1. The monoisotopic (exact) mass is 259 g/mol. The number of carboxylic acid groups (broad SMARTS) is 1. The first kappa shape index (κ1) is 11.6. The Kier molecular flexibility index (Phi) is 2.84. The molecule has 7 heteroatoms. The van der Waals surface area contributed by atoms with E-state index >= 15 is 0 Å². The normalized spacial score (nSPS) is 10.5. The standard InChI is InChI=1S/C10H4F3NO2S/c11-5-1-4(2-6(12)8(5)13)9-14-7(3-17-9)10(15)16/h1-3H,(H,15,16). The van der Waals surface area contributed by atoms with Crippen LogP contribution in [0.3, 0.4) is 0 Å². The van der Waals surface area contributed by atoms with E-state index in [4.69, 9.17) is 5.11 Å². The highest BCUT2D eigenvalue weighted by atomic mass is 32.1. The summed E-state index contributed by atoms with van der Waals surface area (Å²) in [5.41, 5.74) is -0.228. The third kappa shape index (κ3) is 2.14. The minimum absolute atomic E-state index is 0.00102. The average Bonchev–Trinajstić information content (AvgIpc) is 2.74. The van der Waals surface area contributed by atoms with Crippen molar-refractivity contribution in [2.24, 2.45) is 0 Å². The van der Waals surface area contributed by atoms with Gasteiger partial charge in [-0.25, -0.2) is 22.9 Å². The van der Waals surface area contributed by atoms with Crippen molar-refractivity contribution in [2.75, 3.05) is 0 Å². The lowest BCUT2D eigenvalue weighted by atomic mass is 10.2. The van der Waals surface area contributed by atoms with Crippen molar-refractivity contribution >= 4 is 17.3 Å². The molecule has 0 atom stereocenters. The molecule has 1 N–H and O–H groups in total. The lowest BCUT2D eigenvalue weighted by Gasteiger charge is -1.99. The van der Waals surface area contributed by atoms with Crippen LogP contribution in [-0.4, -0.2) is 16.1 Å². The van der Waals surface area contributed by atoms with Crippen LogP contribution >= 0.6 is 11.3 Å². The molecule has 0 saturated carbocycles. The number of aromatic nitrogens is 1. The van der Waals surface area contributed by atoms with Crippen LogP contribution < -0.4 is 0 Å². The SMILES string of the molecule is O=C(O)c1csc(-c2cc(F)c(F)c(F)c2)n1. The summed E-state index contributed by atoms with van der Waals surface area (Å²) in [4.78, 5) is 14.2. The van der Waals surface area contributed by atoms with Gasteiger partial charge in [-0.2, -0.15) is 0 Å². The maximum atomic E-state index is 12.9. The van der Waals surface area contributed by atoms with E-state index in [9.17, 15) is 18.0 Å². The van der Waals surface area contributed by atoms with E-state index in [0.29, 0.717) is 0 Å². The Labute approximate surface area is 97.2 Å². The summed E-state index contributed by atoms with van der Waals surface area (Å²) in [6, 6.07) is 1.53. The number of carboxylic acids is 1. The van der Waals surface area contributed by atoms with Crippen LogP contribution in [0.1, 0.15) is 10.5 Å². The van der Waals surface area contributed by atoms with Crippen LogP contribution in [0.4, 0.5) is 13.2 Å². The largest absolute Gasteiger partial charge is 0.476 e. The third-order valence-corrected chi connectivity index (χ3v) is 2.85. The fourth-order valence-electron chi connectivity index (χ4n) is 1.18. The first-order valence-corrected chi connectivity index (χ1v) is 5.20. The minimum atomic E-state index is -1.57. The van der Waals surface area contributed by atoms with E-state index in [2.05, 4.69) is 4.98 Å². The van der Waals surface area contributed by atoms with E-state index in [0.717, 1.165) is 23.5 Å². The predicted molar refractivity (Wildman–Crippen MR) is 54.4 cm³/mol. The number of hydrogen-bond donors (Lipinski definition) is 1. The molecule has 0 spiro atoms. The zero-order chi connectivity index (χ0) is 12.6. The molecule has 3 nitrogen and oxygen atoms in total. The number of rotatable bonds is 2. The lowest BCUT2D eigenvalue weighted by Crippen LogP contribution is -1.96. The highest BCUT2D eigenvalue weighted by molar-refractivity contribution is 7.13. The summed E-state index contributed by atoms with van der Waals surface area (Å²) in [5, 5.41) is 9.98. The van der Waals surface area contributed by atoms with Crippen molar-refractivity contribution in [3.63, 3.8) is 0 Å². The summed E-state index contributed by atoms with van der Waals surface area (Å²) in [6.07, 6.45) is 0. The summed E-state index contributed by atoms with van der Waals surface area (Å²) in [6.45, 7) is 0. The van der Waals surface area contributed by atoms with Crippen molar-refractivity contribution in [1.29, 1.82) is 0 Å². The van der Waals surface area contributed by atoms with Gasteiger partial charge in [0.05, 0.1) is 0 Å². The number of thiazole rings is 1. The molecule has 1 heterocycles. The fraction of sp³-hybridized carbons (Fsp3) is 0. The Morgan fingerprint density at radius 2 is 1.82 bits per heavy atom. The maximum absolute atomic E-state index is 12.9. The second-order valence-electron chi connectivity index (χ2n) is 3.10. The first-order valence-electron chi connectivity index (χ1n) is 4.33. The van der Waals surface area contributed by atoms with Gasteiger partial charge in [-0.05, 0) is 12.1 Å². The molecule has 0 aliphatic rings. The van der Waals surface area contributed by atoms with Gasteiger partial charge < -0.3 is 5.11 Å². The van der Waals surface area contributed by atoms with Crippen LogP contribution in [0.5, 0.6) is 0 Å². The predicted octanol–water partition coefficient (Wildman–Crippen LogP) is 2.93. The average molecular weight is 259 g/mol. The smallest absolute Gasteiger partial charge is 0.355 e. The molecule has 2 aromatic rings. The van der Waals surface area contributed by atoms with Gasteiger partial charge >= 0.3 is 5.97 Å². The molecule has 1 aromatic carbocycles. The van der Waals surface area contributed by atoms with Gasteiger partial charge in [0, 0.05) is 10.9 Å². The zero-order valence-corrected chi connectivity index (χ0v) is 8.89. The fourth-order valence-corrected chi connectivity index (χ4v) is 1.97. The molecule has 0 radical (unpaired) electrons. The molecule has 0 bridgehead atoms. The van der Waals surface area contributed by atoms with E-state index < -0.39 is 23.4 Å². The highest BCUT2D eigenvalue weighted by Crippen LogP contribution is 2.26. The topological polar surface area (TPSA) is 50.2 Å². The summed E-state index contributed by atoms with van der Waals surface area (Å²) in [7, 11) is 0. The lowest BCUT2D eigenvalue weighted by molar-refractivity contribution is 0.0691. The summed E-state index contributed by atoms with van der Waals surface area (Å²) < 4.78 is 38.6. The van der Waals surface area contributed by atoms with Gasteiger partial charge in [-0.1, -0.05) is 0 Å². The van der Waals surface area contributed by atoms with Crippen molar-refractivity contribution in [3.05, 3.63) is 40.7 Å². The number of hydrogen-bond acceptors (Lipinski definition) is 3. The highest BCUT2D eigenvalue weighted by Gasteiger charge is 2.15. The van der Waals surface area contributed by atoms with Gasteiger partial charge in [0.15, 0.2) is 23.1 Å². The van der Waals surface area contributed by atoms with Gasteiger partial charge in [0.25, 0.3) is 0 Å². The molecule has 17 heavy (non-hydrogen) atoms. The van der Waals surface area contributed by atoms with Gasteiger partial charge in [-0.3, -0.25) is 0 Å². The molecule has 0 unspecified atom stereocenters. The summed E-state index contributed by atoms with van der Waals surface area (Å²) in [5.74, 6) is -5.49. The van der Waals surface area contributed by atoms with Gasteiger partial charge in [0.1, 0.15) is 5.01 Å². The number of halogens is 3. The van der Waals surface area contributed by atoms with Crippen LogP contribution in [0.15, 0.2) is 17.5 Å². The molecule has 0 aliphatic heterocycles. The van der Waals surface area contributed by atoms with Gasteiger partial charge in [0.2, 0.25) is 0 Å². The second kappa shape index (κ2) is 4.17. The number of nitrogens with zero attached hydrogens (tertiary/aromatic N) is 1. The molecule has 2 rings (SSSR count). The van der Waals surface area contributed by atoms with E-state index in [1.54, 1.807) is 0 Å². The second-order valence-corrected chi connectivity index (χ2v) is 3.96. The molecule has 0 aliphatic carbocycles. The Hall–Kier alpha value is -1.89. The Balaban J connectivity index is 2.49. The van der Waals surface area contributed by atoms with E-state index in [-0.39, 0.29) is 16.3 Å². The zero-order valence-electron chi connectivity index (χ0n) is 8.08. The number of carbonyl (C=O) groups is 1. The summed E-state index contributed by atoms with van der Waals surface area (Å²) >= 11 is 0.907. The van der Waals surface area contributed by atoms with Crippen LogP contribution in [-0.2, 0) is 0 Å². The first-order chi connectivity index (χ1) is 7.99. The van der Waals surface area contributed by atoms with Crippen molar-refractivity contribution in [2.45, 2.75) is 0 Å². The van der Waals surface area contributed by atoms with Crippen molar-refractivity contribution in [3.8, 4) is 10.6 Å². The van der Waals surface area contributed by atoms with Crippen molar-refractivity contribution in [1.82, 2.24) is 4.98 Å². The molecular weight excluding hydrogens is 255 g/mol. The third-order valence-electron chi connectivity index (χ3n) is 1.95. The van der Waals surface area contributed by atoms with Crippen LogP contribution in [0, 0.1) is 17.5 Å². The molecule has 0 amide bonds. The van der Waals surface area contributed by atoms with E-state index in [1.807, 2.05) is 0 Å². The molecule has 88 valence electrons. The Morgan fingerprint density at radius 3 is 2.29 bits per heavy atom. The minimum Gasteiger partial charge on any atom is -0.476 e. The van der Waals surface area contributed by atoms with Crippen LogP contribution in [0.2, 0.25) is 0 Å². The molecule has 0 saturated heterocycles. The molecule has 1 aromatic heterocycles.